The Morgan fingerprint density at radius 1 is 1.20 bits per heavy atom. The van der Waals surface area contributed by atoms with Crippen LogP contribution in [0.2, 0.25) is 0 Å². The third-order valence-electron chi connectivity index (χ3n) is 3.01. The molecule has 0 aliphatic carbocycles. The second-order valence-corrected chi connectivity index (χ2v) is 4.74. The molecule has 0 spiro atoms. The number of benzene rings is 1. The van der Waals surface area contributed by atoms with Crippen LogP contribution in [0.25, 0.3) is 11.4 Å². The number of aryl methyl sites for hydroxylation is 1. The van der Waals surface area contributed by atoms with Crippen molar-refractivity contribution in [3.63, 3.8) is 0 Å². The summed E-state index contributed by atoms with van der Waals surface area (Å²) >= 11 is 0. The average molecular weight is 271 g/mol. The first-order valence-electron chi connectivity index (χ1n) is 6.91. The van der Waals surface area contributed by atoms with E-state index in [1.807, 2.05) is 24.3 Å². The molecule has 1 aromatic carbocycles. The van der Waals surface area contributed by atoms with Crippen LogP contribution in [0, 0.1) is 6.92 Å². The van der Waals surface area contributed by atoms with Crippen LogP contribution in [0.5, 0.6) is 0 Å². The average Bonchev–Trinajstić information content (AvgIpc) is 2.46. The van der Waals surface area contributed by atoms with E-state index in [-0.39, 0.29) is 0 Å². The highest BCUT2D eigenvalue weighted by Crippen LogP contribution is 2.21. The first-order valence-corrected chi connectivity index (χ1v) is 6.91. The van der Waals surface area contributed by atoms with E-state index in [0.717, 1.165) is 35.9 Å². The molecular formula is C16H21N3O. The minimum absolute atomic E-state index is 0.488. The highest BCUT2D eigenvalue weighted by atomic mass is 16.5. The van der Waals surface area contributed by atoms with E-state index in [1.165, 1.54) is 5.56 Å². The van der Waals surface area contributed by atoms with Gasteiger partial charge in [0.2, 0.25) is 0 Å². The predicted octanol–water partition coefficient (Wildman–Crippen LogP) is 3.42. The van der Waals surface area contributed by atoms with Crippen molar-refractivity contribution in [2.75, 3.05) is 19.0 Å². The minimum Gasteiger partial charge on any atom is -0.378 e. The first-order chi connectivity index (χ1) is 9.74. The van der Waals surface area contributed by atoms with Gasteiger partial charge in [0.15, 0.2) is 5.82 Å². The molecule has 4 nitrogen and oxygen atoms in total. The lowest BCUT2D eigenvalue weighted by atomic mass is 10.1. The van der Waals surface area contributed by atoms with E-state index < -0.39 is 0 Å². The van der Waals surface area contributed by atoms with Gasteiger partial charge >= 0.3 is 0 Å². The van der Waals surface area contributed by atoms with E-state index >= 15 is 0 Å². The van der Waals surface area contributed by atoms with Crippen LogP contribution < -0.4 is 5.32 Å². The summed E-state index contributed by atoms with van der Waals surface area (Å²) in [4.78, 5) is 9.19. The van der Waals surface area contributed by atoms with Crippen LogP contribution in [-0.4, -0.2) is 23.6 Å². The summed E-state index contributed by atoms with van der Waals surface area (Å²) in [6, 6.07) is 10.1. The lowest BCUT2D eigenvalue weighted by molar-refractivity contribution is 0.181. The van der Waals surface area contributed by atoms with Crippen LogP contribution in [0.1, 0.15) is 24.6 Å². The van der Waals surface area contributed by atoms with Gasteiger partial charge in [-0.3, -0.25) is 0 Å². The van der Waals surface area contributed by atoms with Gasteiger partial charge in [-0.2, -0.15) is 0 Å². The van der Waals surface area contributed by atoms with E-state index in [2.05, 4.69) is 35.2 Å². The SMILES string of the molecule is CCCNc1cc(COC)nc(-c2ccccc2C)n1. The molecule has 0 saturated heterocycles. The van der Waals surface area contributed by atoms with Gasteiger partial charge in [-0.05, 0) is 18.9 Å². The molecule has 0 unspecified atom stereocenters. The maximum Gasteiger partial charge on any atom is 0.162 e. The summed E-state index contributed by atoms with van der Waals surface area (Å²) in [5.41, 5.74) is 3.12. The molecule has 0 radical (unpaired) electrons. The van der Waals surface area contributed by atoms with Gasteiger partial charge in [-0.25, -0.2) is 9.97 Å². The molecule has 106 valence electrons. The van der Waals surface area contributed by atoms with Gasteiger partial charge in [0.1, 0.15) is 5.82 Å². The summed E-state index contributed by atoms with van der Waals surface area (Å²) in [6.45, 7) is 5.59. The van der Waals surface area contributed by atoms with Gasteiger partial charge in [0.25, 0.3) is 0 Å². The molecule has 0 amide bonds. The van der Waals surface area contributed by atoms with Crippen LogP contribution in [-0.2, 0) is 11.3 Å². The van der Waals surface area contributed by atoms with E-state index in [9.17, 15) is 0 Å². The zero-order chi connectivity index (χ0) is 14.4. The molecule has 0 fully saturated rings. The third kappa shape index (κ3) is 3.54. The Bertz CT molecular complexity index is 569. The molecule has 1 N–H and O–H groups in total. The Balaban J connectivity index is 2.40. The van der Waals surface area contributed by atoms with Gasteiger partial charge in [0.05, 0.1) is 12.3 Å². The molecular weight excluding hydrogens is 250 g/mol. The number of ether oxygens (including phenoxy) is 1. The van der Waals surface area contributed by atoms with Crippen molar-refractivity contribution in [1.82, 2.24) is 9.97 Å². The van der Waals surface area contributed by atoms with Crippen molar-refractivity contribution in [1.29, 1.82) is 0 Å². The lowest BCUT2D eigenvalue weighted by Crippen LogP contribution is -2.06. The summed E-state index contributed by atoms with van der Waals surface area (Å²) in [6.07, 6.45) is 1.06. The summed E-state index contributed by atoms with van der Waals surface area (Å²) in [5.74, 6) is 1.60. The number of hydrogen-bond donors (Lipinski definition) is 1. The largest absolute Gasteiger partial charge is 0.378 e. The fourth-order valence-corrected chi connectivity index (χ4v) is 2.01. The van der Waals surface area contributed by atoms with E-state index in [0.29, 0.717) is 6.61 Å². The molecule has 20 heavy (non-hydrogen) atoms. The Kier molecular flexibility index (Phi) is 5.07. The Morgan fingerprint density at radius 2 is 2.00 bits per heavy atom. The molecule has 2 aromatic rings. The maximum atomic E-state index is 5.19. The first kappa shape index (κ1) is 14.5. The summed E-state index contributed by atoms with van der Waals surface area (Å²) < 4.78 is 5.19. The normalized spacial score (nSPS) is 10.6. The Labute approximate surface area is 120 Å². The standard InChI is InChI=1S/C16H21N3O/c1-4-9-17-15-10-13(11-20-3)18-16(19-15)14-8-6-5-7-12(14)2/h5-8,10H,4,9,11H2,1-3H3,(H,17,18,19). The fourth-order valence-electron chi connectivity index (χ4n) is 2.01. The molecule has 0 aliphatic rings. The van der Waals surface area contributed by atoms with E-state index in [4.69, 9.17) is 4.74 Å². The van der Waals surface area contributed by atoms with Crippen LogP contribution in [0.4, 0.5) is 5.82 Å². The van der Waals surface area contributed by atoms with Gasteiger partial charge in [0, 0.05) is 25.3 Å². The predicted molar refractivity (Wildman–Crippen MR) is 81.7 cm³/mol. The smallest absolute Gasteiger partial charge is 0.162 e. The second-order valence-electron chi connectivity index (χ2n) is 4.74. The molecule has 0 aliphatic heterocycles. The van der Waals surface area contributed by atoms with Gasteiger partial charge < -0.3 is 10.1 Å². The number of nitrogens with zero attached hydrogens (tertiary/aromatic N) is 2. The number of rotatable bonds is 6. The molecule has 0 atom stereocenters. The number of hydrogen-bond acceptors (Lipinski definition) is 4. The topological polar surface area (TPSA) is 47.0 Å². The summed E-state index contributed by atoms with van der Waals surface area (Å²) in [7, 11) is 1.68. The van der Waals surface area contributed by atoms with Crippen LogP contribution in [0.15, 0.2) is 30.3 Å². The lowest BCUT2D eigenvalue weighted by Gasteiger charge is -2.10. The zero-order valence-electron chi connectivity index (χ0n) is 12.3. The number of aromatic nitrogens is 2. The second kappa shape index (κ2) is 7.01. The van der Waals surface area contributed by atoms with Crippen molar-refractivity contribution in [3.8, 4) is 11.4 Å². The molecule has 1 heterocycles. The highest BCUT2D eigenvalue weighted by Gasteiger charge is 2.08. The van der Waals surface area contributed by atoms with Crippen molar-refractivity contribution in [2.24, 2.45) is 0 Å². The molecule has 4 heteroatoms. The number of anilines is 1. The minimum atomic E-state index is 0.488. The molecule has 2 rings (SSSR count). The van der Waals surface area contributed by atoms with Crippen molar-refractivity contribution in [3.05, 3.63) is 41.6 Å². The van der Waals surface area contributed by atoms with Crippen LogP contribution >= 0.6 is 0 Å². The Morgan fingerprint density at radius 3 is 2.70 bits per heavy atom. The number of nitrogens with one attached hydrogen (secondary N) is 1. The van der Waals surface area contributed by atoms with Crippen molar-refractivity contribution >= 4 is 5.82 Å². The quantitative estimate of drug-likeness (QED) is 0.874. The number of methoxy groups -OCH3 is 1. The molecule has 0 bridgehead atoms. The molecule has 0 saturated carbocycles. The van der Waals surface area contributed by atoms with E-state index in [1.54, 1.807) is 7.11 Å². The zero-order valence-corrected chi connectivity index (χ0v) is 12.3. The molecule has 1 aromatic heterocycles. The van der Waals surface area contributed by atoms with Crippen LogP contribution in [0.3, 0.4) is 0 Å². The van der Waals surface area contributed by atoms with Gasteiger partial charge in [-0.15, -0.1) is 0 Å². The van der Waals surface area contributed by atoms with Gasteiger partial charge in [-0.1, -0.05) is 31.2 Å². The monoisotopic (exact) mass is 271 g/mol. The highest BCUT2D eigenvalue weighted by molar-refractivity contribution is 5.61. The fraction of sp³-hybridized carbons (Fsp3) is 0.375. The maximum absolute atomic E-state index is 5.19. The summed E-state index contributed by atoms with van der Waals surface area (Å²) in [5, 5.41) is 3.32. The third-order valence-corrected chi connectivity index (χ3v) is 3.01. The van der Waals surface area contributed by atoms with Crippen molar-refractivity contribution < 1.29 is 4.74 Å². The van der Waals surface area contributed by atoms with Crippen molar-refractivity contribution in [2.45, 2.75) is 26.9 Å². The Hall–Kier alpha value is -1.94.